The molecule has 0 aliphatic carbocycles. The van der Waals surface area contributed by atoms with Gasteiger partial charge in [0, 0.05) is 35.9 Å². The van der Waals surface area contributed by atoms with E-state index in [-0.39, 0.29) is 0 Å². The normalized spacial score (nSPS) is 23.2. The van der Waals surface area contributed by atoms with Crippen molar-refractivity contribution >= 4 is 17.6 Å². The summed E-state index contributed by atoms with van der Waals surface area (Å²) in [5, 5.41) is 10.4. The van der Waals surface area contributed by atoms with Gasteiger partial charge in [-0.2, -0.15) is 11.8 Å². The van der Waals surface area contributed by atoms with Crippen LogP contribution in [-0.2, 0) is 0 Å². The molecule has 1 aromatic heterocycles. The van der Waals surface area contributed by atoms with E-state index >= 15 is 0 Å². The highest BCUT2D eigenvalue weighted by Gasteiger charge is 2.21. The van der Waals surface area contributed by atoms with Gasteiger partial charge in [-0.3, -0.25) is 0 Å². The molecule has 2 atom stereocenters. The molecular formula is C12H18N2OS. The molecule has 1 N–H and O–H groups in total. The largest absolute Gasteiger partial charge is 0.389 e. The number of hydrogen-bond donors (Lipinski definition) is 1. The summed E-state index contributed by atoms with van der Waals surface area (Å²) in [6.45, 7) is 6.07. The second-order valence-corrected chi connectivity index (χ2v) is 5.77. The molecular weight excluding hydrogens is 220 g/mol. The van der Waals surface area contributed by atoms with Crippen molar-refractivity contribution in [1.82, 2.24) is 4.98 Å². The van der Waals surface area contributed by atoms with Crippen molar-refractivity contribution in [1.29, 1.82) is 0 Å². The third-order valence-corrected chi connectivity index (χ3v) is 3.94. The minimum absolute atomic E-state index is 0.450. The van der Waals surface area contributed by atoms with Crippen LogP contribution in [0.5, 0.6) is 0 Å². The molecule has 2 rings (SSSR count). The summed E-state index contributed by atoms with van der Waals surface area (Å²) >= 11 is 2.00. The van der Waals surface area contributed by atoms with Gasteiger partial charge in [0.15, 0.2) is 0 Å². The zero-order chi connectivity index (χ0) is 11.5. The van der Waals surface area contributed by atoms with E-state index in [0.29, 0.717) is 5.25 Å². The number of anilines is 1. The lowest BCUT2D eigenvalue weighted by Gasteiger charge is -2.33. The summed E-state index contributed by atoms with van der Waals surface area (Å²) in [6.07, 6.45) is 1.35. The highest BCUT2D eigenvalue weighted by Crippen LogP contribution is 2.27. The molecule has 4 heteroatoms. The average molecular weight is 238 g/mol. The number of nitrogens with zero attached hydrogens (tertiary/aromatic N) is 2. The first kappa shape index (κ1) is 11.7. The molecule has 1 fully saturated rings. The predicted molar refractivity (Wildman–Crippen MR) is 69.0 cm³/mol. The Morgan fingerprint density at radius 2 is 2.44 bits per heavy atom. The predicted octanol–water partition coefficient (Wildman–Crippen LogP) is 2.08. The average Bonchev–Trinajstić information content (AvgIpc) is 2.29. The second-order valence-electron chi connectivity index (χ2n) is 4.22. The minimum atomic E-state index is -0.450. The van der Waals surface area contributed by atoms with Gasteiger partial charge in [0.1, 0.15) is 5.82 Å². The number of thioether (sulfide) groups is 1. The van der Waals surface area contributed by atoms with E-state index in [9.17, 15) is 5.11 Å². The number of rotatable bonds is 2. The summed E-state index contributed by atoms with van der Waals surface area (Å²) in [7, 11) is 0. The van der Waals surface area contributed by atoms with Crippen molar-refractivity contribution in [2.75, 3.05) is 23.7 Å². The van der Waals surface area contributed by atoms with Gasteiger partial charge in [-0.05, 0) is 13.0 Å². The number of hydrogen-bond acceptors (Lipinski definition) is 4. The van der Waals surface area contributed by atoms with E-state index < -0.39 is 6.10 Å². The van der Waals surface area contributed by atoms with Crippen LogP contribution in [0.2, 0.25) is 0 Å². The van der Waals surface area contributed by atoms with Gasteiger partial charge in [-0.1, -0.05) is 13.0 Å². The Morgan fingerprint density at radius 3 is 3.12 bits per heavy atom. The molecule has 1 unspecified atom stereocenters. The van der Waals surface area contributed by atoms with Gasteiger partial charge in [0.25, 0.3) is 0 Å². The van der Waals surface area contributed by atoms with Crippen molar-refractivity contribution < 1.29 is 5.11 Å². The van der Waals surface area contributed by atoms with Crippen LogP contribution in [0, 0.1) is 0 Å². The molecule has 0 radical (unpaired) electrons. The van der Waals surface area contributed by atoms with Gasteiger partial charge in [0.2, 0.25) is 0 Å². The van der Waals surface area contributed by atoms with E-state index in [1.54, 1.807) is 13.1 Å². The fourth-order valence-electron chi connectivity index (χ4n) is 2.01. The van der Waals surface area contributed by atoms with Crippen LogP contribution >= 0.6 is 11.8 Å². The zero-order valence-corrected chi connectivity index (χ0v) is 10.6. The Kier molecular flexibility index (Phi) is 3.71. The van der Waals surface area contributed by atoms with Crippen molar-refractivity contribution in [2.24, 2.45) is 0 Å². The summed E-state index contributed by atoms with van der Waals surface area (Å²) < 4.78 is 0. The summed E-state index contributed by atoms with van der Waals surface area (Å²) in [4.78, 5) is 6.70. The summed E-state index contributed by atoms with van der Waals surface area (Å²) in [5.41, 5.74) is 0.932. The standard InChI is InChI=1S/C12H18N2OS/c1-9-8-14(6-7-16-9)12-11(10(2)15)4-3-5-13-12/h3-5,9-10,15H,6-8H2,1-2H3/t9?,10-/m1/s1. The van der Waals surface area contributed by atoms with E-state index in [1.165, 1.54) is 0 Å². The molecule has 3 nitrogen and oxygen atoms in total. The zero-order valence-electron chi connectivity index (χ0n) is 9.76. The molecule has 1 aliphatic rings. The van der Waals surface area contributed by atoms with Crippen LogP contribution in [0.3, 0.4) is 0 Å². The number of aliphatic hydroxyl groups is 1. The first-order valence-electron chi connectivity index (χ1n) is 5.68. The van der Waals surface area contributed by atoms with Gasteiger partial charge in [-0.25, -0.2) is 4.98 Å². The SMILES string of the molecule is CC1CN(c2ncccc2[C@@H](C)O)CCS1. The smallest absolute Gasteiger partial charge is 0.134 e. The number of aliphatic hydroxyl groups excluding tert-OH is 1. The van der Waals surface area contributed by atoms with Gasteiger partial charge in [-0.15, -0.1) is 0 Å². The van der Waals surface area contributed by atoms with Crippen molar-refractivity contribution in [3.63, 3.8) is 0 Å². The topological polar surface area (TPSA) is 36.4 Å². The fourth-order valence-corrected chi connectivity index (χ4v) is 3.02. The third kappa shape index (κ3) is 2.50. The van der Waals surface area contributed by atoms with E-state index in [2.05, 4.69) is 16.8 Å². The van der Waals surface area contributed by atoms with Crippen LogP contribution in [-0.4, -0.2) is 34.2 Å². The van der Waals surface area contributed by atoms with Crippen LogP contribution in [0.4, 0.5) is 5.82 Å². The van der Waals surface area contributed by atoms with Gasteiger partial charge >= 0.3 is 0 Å². The number of aromatic nitrogens is 1. The van der Waals surface area contributed by atoms with E-state index in [1.807, 2.05) is 23.9 Å². The van der Waals surface area contributed by atoms with Gasteiger partial charge in [0.05, 0.1) is 6.10 Å². The van der Waals surface area contributed by atoms with Crippen molar-refractivity contribution in [3.8, 4) is 0 Å². The molecule has 1 aromatic rings. The minimum Gasteiger partial charge on any atom is -0.389 e. The molecule has 1 saturated heterocycles. The molecule has 0 spiro atoms. The molecule has 0 bridgehead atoms. The molecule has 2 heterocycles. The van der Waals surface area contributed by atoms with Crippen LogP contribution < -0.4 is 4.90 Å². The molecule has 1 aliphatic heterocycles. The lowest BCUT2D eigenvalue weighted by molar-refractivity contribution is 0.199. The highest BCUT2D eigenvalue weighted by atomic mass is 32.2. The third-order valence-electron chi connectivity index (χ3n) is 2.81. The summed E-state index contributed by atoms with van der Waals surface area (Å²) in [6, 6.07) is 3.84. The maximum absolute atomic E-state index is 9.73. The van der Waals surface area contributed by atoms with Crippen molar-refractivity contribution in [3.05, 3.63) is 23.9 Å². The first-order valence-corrected chi connectivity index (χ1v) is 6.73. The highest BCUT2D eigenvalue weighted by molar-refractivity contribution is 8.00. The Balaban J connectivity index is 2.25. The van der Waals surface area contributed by atoms with E-state index in [0.717, 1.165) is 30.2 Å². The van der Waals surface area contributed by atoms with E-state index in [4.69, 9.17) is 0 Å². The summed E-state index contributed by atoms with van der Waals surface area (Å²) in [5.74, 6) is 2.08. The van der Waals surface area contributed by atoms with Gasteiger partial charge < -0.3 is 10.0 Å². The molecule has 16 heavy (non-hydrogen) atoms. The molecule has 88 valence electrons. The van der Waals surface area contributed by atoms with Crippen LogP contribution in [0.1, 0.15) is 25.5 Å². The van der Waals surface area contributed by atoms with Crippen LogP contribution in [0.15, 0.2) is 18.3 Å². The Labute approximate surface area is 101 Å². The van der Waals surface area contributed by atoms with Crippen LogP contribution in [0.25, 0.3) is 0 Å². The molecule has 0 amide bonds. The maximum Gasteiger partial charge on any atom is 0.134 e. The monoisotopic (exact) mass is 238 g/mol. The maximum atomic E-state index is 9.73. The van der Waals surface area contributed by atoms with Crippen molar-refractivity contribution in [2.45, 2.75) is 25.2 Å². The quantitative estimate of drug-likeness (QED) is 0.856. The number of pyridine rings is 1. The molecule has 0 aromatic carbocycles. The second kappa shape index (κ2) is 5.06. The lowest BCUT2D eigenvalue weighted by Crippen LogP contribution is -2.37. The Hall–Kier alpha value is -0.740. The Bertz CT molecular complexity index is 357. The first-order chi connectivity index (χ1) is 7.68. The fraction of sp³-hybridized carbons (Fsp3) is 0.583. The Morgan fingerprint density at radius 1 is 1.62 bits per heavy atom. The molecule has 0 saturated carbocycles. The lowest BCUT2D eigenvalue weighted by atomic mass is 10.1.